The van der Waals surface area contributed by atoms with E-state index in [0.717, 1.165) is 0 Å². The molecule has 0 aliphatic carbocycles. The van der Waals surface area contributed by atoms with Crippen LogP contribution in [0, 0.1) is 0 Å². The standard InChI is InChI=1S/K.Li.H4O8P2/c;;1-9(2,3)7-8-10(4,5)6/h;;(H2,1,2,3)(H2,4,5,6)/q2*+1;/p-2. The molecule has 0 aromatic heterocycles. The molecule has 8 nitrogen and oxygen atoms in total. The van der Waals surface area contributed by atoms with Crippen molar-refractivity contribution >= 4 is 15.6 Å². The zero-order valence-corrected chi connectivity index (χ0v) is 11.2. The first-order chi connectivity index (χ1) is 4.21. The third kappa shape index (κ3) is 18.3. The zero-order chi connectivity index (χ0) is 8.41. The normalized spacial score (nSPS) is 11.3. The van der Waals surface area contributed by atoms with Gasteiger partial charge in [-0.2, -0.15) is 4.67 Å². The van der Waals surface area contributed by atoms with Crippen LogP contribution in [0.3, 0.4) is 0 Å². The second-order valence-corrected chi connectivity index (χ2v) is 3.26. The number of hydrogen-bond donors (Lipinski definition) is 2. The molecule has 62 valence electrons. The maximum atomic E-state index is 9.63. The Labute approximate surface area is 122 Å². The minimum atomic E-state index is -5.48. The Morgan fingerprint density at radius 3 is 1.50 bits per heavy atom. The van der Waals surface area contributed by atoms with Gasteiger partial charge < -0.3 is 24.1 Å². The van der Waals surface area contributed by atoms with Crippen molar-refractivity contribution in [3.8, 4) is 0 Å². The quantitative estimate of drug-likeness (QED) is 0.214. The molecule has 0 amide bonds. The largest absolute Gasteiger partial charge is 1.00 e. The van der Waals surface area contributed by atoms with E-state index in [1.165, 1.54) is 0 Å². The van der Waals surface area contributed by atoms with E-state index in [2.05, 4.69) is 9.35 Å². The molecule has 2 N–H and O–H groups in total. The fourth-order valence-electron chi connectivity index (χ4n) is 0.0842. The first-order valence-corrected chi connectivity index (χ1v) is 4.65. The molecule has 0 rings (SSSR count). The summed E-state index contributed by atoms with van der Waals surface area (Å²) in [5, 5.41) is 0. The Bertz CT molecular complexity index is 167. The van der Waals surface area contributed by atoms with Crippen LogP contribution in [0.2, 0.25) is 0 Å². The molecule has 0 radical (unpaired) electrons. The van der Waals surface area contributed by atoms with Crippen LogP contribution >= 0.6 is 15.6 Å². The van der Waals surface area contributed by atoms with Crippen molar-refractivity contribution in [3.05, 3.63) is 0 Å². The second kappa shape index (κ2) is 7.71. The third-order valence-electron chi connectivity index (χ3n) is 0.222. The Morgan fingerprint density at radius 2 is 1.42 bits per heavy atom. The van der Waals surface area contributed by atoms with Crippen molar-refractivity contribution in [2.24, 2.45) is 0 Å². The van der Waals surface area contributed by atoms with E-state index in [4.69, 9.17) is 9.79 Å². The summed E-state index contributed by atoms with van der Waals surface area (Å²) >= 11 is 0. The second-order valence-electron chi connectivity index (χ2n) is 1.09. The van der Waals surface area contributed by atoms with E-state index >= 15 is 0 Å². The van der Waals surface area contributed by atoms with Crippen molar-refractivity contribution in [2.45, 2.75) is 0 Å². The van der Waals surface area contributed by atoms with Gasteiger partial charge in [-0.15, -0.1) is 4.67 Å². The summed E-state index contributed by atoms with van der Waals surface area (Å²) in [5.74, 6) is 0. The number of hydrogen-bond acceptors (Lipinski definition) is 6. The molecule has 0 spiro atoms. The van der Waals surface area contributed by atoms with Gasteiger partial charge in [0, 0.05) is 0 Å². The van der Waals surface area contributed by atoms with E-state index in [1.807, 2.05) is 0 Å². The van der Waals surface area contributed by atoms with Gasteiger partial charge in [0.05, 0.1) is 0 Å². The summed E-state index contributed by atoms with van der Waals surface area (Å²) in [6, 6.07) is 0. The molecule has 0 fully saturated rings. The molecule has 0 aliphatic heterocycles. The molecule has 12 heteroatoms. The average Bonchev–Trinajstić information content (AvgIpc) is 1.57. The van der Waals surface area contributed by atoms with Crippen molar-refractivity contribution in [1.82, 2.24) is 0 Å². The van der Waals surface area contributed by atoms with Crippen molar-refractivity contribution in [2.75, 3.05) is 0 Å². The monoisotopic (exact) mass is 238 g/mol. The molecular formula is H2KLiO8P2. The maximum absolute atomic E-state index is 9.63. The number of phosphoric acid groups is 2. The topological polar surface area (TPSA) is 139 Å². The van der Waals surface area contributed by atoms with Gasteiger partial charge in [-0.1, -0.05) is 0 Å². The predicted molar refractivity (Wildman–Crippen MR) is 21.8 cm³/mol. The van der Waals surface area contributed by atoms with Crippen LogP contribution < -0.4 is 80.0 Å². The molecule has 0 aromatic rings. The van der Waals surface area contributed by atoms with E-state index in [-0.39, 0.29) is 70.2 Å². The fraction of sp³-hybridized carbons (Fsp3) is 0. The predicted octanol–water partition coefficient (Wildman–Crippen LogP) is -8.14. The smallest absolute Gasteiger partial charge is 0.788 e. The van der Waals surface area contributed by atoms with Gasteiger partial charge in [0.15, 0.2) is 0 Å². The van der Waals surface area contributed by atoms with Gasteiger partial charge in [-0.05, 0) is 0 Å². The molecular weight excluding hydrogens is 236 g/mol. The van der Waals surface area contributed by atoms with Crippen LogP contribution in [-0.4, -0.2) is 9.79 Å². The number of rotatable bonds is 3. The molecule has 0 saturated carbocycles. The van der Waals surface area contributed by atoms with Crippen LogP contribution in [0.1, 0.15) is 0 Å². The van der Waals surface area contributed by atoms with E-state index < -0.39 is 15.6 Å². The van der Waals surface area contributed by atoms with E-state index in [1.54, 1.807) is 0 Å². The summed E-state index contributed by atoms with van der Waals surface area (Å²) in [6.45, 7) is 0. The van der Waals surface area contributed by atoms with Gasteiger partial charge in [-0.25, -0.2) is 4.57 Å². The summed E-state index contributed by atoms with van der Waals surface area (Å²) in [4.78, 5) is 34.4. The maximum Gasteiger partial charge on any atom is 1.00 e. The van der Waals surface area contributed by atoms with Gasteiger partial charge in [0.1, 0.15) is 7.82 Å². The van der Waals surface area contributed by atoms with Crippen LogP contribution in [0.4, 0.5) is 0 Å². The Hall–Kier alpha value is 2.45. The van der Waals surface area contributed by atoms with Gasteiger partial charge >= 0.3 is 78.1 Å². The Balaban J connectivity index is -0.000000405. The summed E-state index contributed by atoms with van der Waals surface area (Å²) < 4.78 is 24.7. The summed E-state index contributed by atoms with van der Waals surface area (Å²) in [7, 11) is -10.5. The Kier molecular flexibility index (Phi) is 12.8. The van der Waals surface area contributed by atoms with E-state index in [9.17, 15) is 18.9 Å². The summed E-state index contributed by atoms with van der Waals surface area (Å²) in [5.41, 5.74) is 0. The zero-order valence-electron chi connectivity index (χ0n) is 6.24. The average molecular weight is 238 g/mol. The summed E-state index contributed by atoms with van der Waals surface area (Å²) in [6.07, 6.45) is 0. The Morgan fingerprint density at radius 1 is 1.08 bits per heavy atom. The van der Waals surface area contributed by atoms with Gasteiger partial charge in [0.2, 0.25) is 0 Å². The molecule has 0 saturated heterocycles. The van der Waals surface area contributed by atoms with E-state index in [0.29, 0.717) is 0 Å². The fourth-order valence-corrected chi connectivity index (χ4v) is 0.758. The first kappa shape index (κ1) is 19.9. The van der Waals surface area contributed by atoms with Crippen LogP contribution in [-0.2, 0) is 18.5 Å². The molecule has 0 bridgehead atoms. The van der Waals surface area contributed by atoms with Gasteiger partial charge in [0.25, 0.3) is 0 Å². The SMILES string of the molecule is O=P([O-])([O-])OOP(=O)(O)O.[K+].[Li+]. The molecule has 0 aliphatic rings. The molecule has 12 heavy (non-hydrogen) atoms. The van der Waals surface area contributed by atoms with Crippen molar-refractivity contribution in [3.63, 3.8) is 0 Å². The minimum Gasteiger partial charge on any atom is -0.788 e. The van der Waals surface area contributed by atoms with Crippen LogP contribution in [0.5, 0.6) is 0 Å². The molecule has 0 aromatic carbocycles. The van der Waals surface area contributed by atoms with Crippen LogP contribution in [0.25, 0.3) is 0 Å². The first-order valence-electron chi connectivity index (χ1n) is 1.66. The molecule has 0 unspecified atom stereocenters. The third-order valence-corrected chi connectivity index (χ3v) is 0.865. The molecule has 0 atom stereocenters. The minimum absolute atomic E-state index is 0. The van der Waals surface area contributed by atoms with Crippen molar-refractivity contribution < 1.29 is 108 Å². The molecule has 0 heterocycles. The van der Waals surface area contributed by atoms with Gasteiger partial charge in [-0.3, -0.25) is 0 Å². The van der Waals surface area contributed by atoms with Crippen LogP contribution in [0.15, 0.2) is 0 Å². The van der Waals surface area contributed by atoms with Crippen molar-refractivity contribution in [1.29, 1.82) is 0 Å².